The molecule has 0 aliphatic carbocycles. The molecule has 2 aromatic heterocycles. The summed E-state index contributed by atoms with van der Waals surface area (Å²) in [6.07, 6.45) is 0. The Bertz CT molecular complexity index is 7170. The van der Waals surface area contributed by atoms with Gasteiger partial charge in [0.25, 0.3) is 6.71 Å². The van der Waals surface area contributed by atoms with Gasteiger partial charge in [0.15, 0.2) is 0 Å². The first-order chi connectivity index (χ1) is 61.2. The van der Waals surface area contributed by atoms with Gasteiger partial charge in [-0.25, -0.2) is 0 Å². The van der Waals surface area contributed by atoms with E-state index in [-0.39, 0.29) is 50.7 Å². The minimum Gasteiger partial charge on any atom is -0.455 e. The molecule has 2 aliphatic rings. The Balaban J connectivity index is 1.08. The Morgan fingerprint density at radius 1 is 0.293 bits per heavy atom. The van der Waals surface area contributed by atoms with Crippen molar-refractivity contribution in [2.45, 2.75) is 26.2 Å². The van der Waals surface area contributed by atoms with Gasteiger partial charge in [0.1, 0.15) is 22.3 Å². The lowest BCUT2D eigenvalue weighted by Gasteiger charge is -2.46. The fourth-order valence-corrected chi connectivity index (χ4v) is 14.3. The molecule has 19 rings (SSSR count). The van der Waals surface area contributed by atoms with Gasteiger partial charge in [-0.2, -0.15) is 0 Å². The number of benzene rings is 15. The highest BCUT2D eigenvalue weighted by Crippen LogP contribution is 2.56. The Morgan fingerprint density at radius 2 is 0.626 bits per heavy atom. The lowest BCUT2D eigenvalue weighted by atomic mass is 9.33. The van der Waals surface area contributed by atoms with Crippen molar-refractivity contribution < 1.29 is 50.0 Å². The second-order valence-electron chi connectivity index (χ2n) is 25.2. The van der Waals surface area contributed by atoms with Crippen LogP contribution in [0.15, 0.2) is 348 Å². The molecule has 0 saturated heterocycles. The molecule has 0 unspecified atom stereocenters. The molecule has 0 spiro atoms. The third-order valence-electron chi connectivity index (χ3n) is 18.7. The van der Waals surface area contributed by atoms with Crippen molar-refractivity contribution in [3.05, 3.63) is 345 Å². The van der Waals surface area contributed by atoms with Gasteiger partial charge in [0.05, 0.1) is 52.5 Å². The number of para-hydroxylation sites is 4. The highest BCUT2D eigenvalue weighted by molar-refractivity contribution is 7.00. The molecule has 15 aromatic carbocycles. The van der Waals surface area contributed by atoms with Crippen molar-refractivity contribution in [2.24, 2.45) is 0 Å². The minimum absolute atomic E-state index is 0.0600. The van der Waals surface area contributed by atoms with Crippen molar-refractivity contribution in [3.63, 3.8) is 0 Å². The Kier molecular flexibility index (Phi) is 8.19. The van der Waals surface area contributed by atoms with Gasteiger partial charge in [-0.3, -0.25) is 0 Å². The third-order valence-corrected chi connectivity index (χ3v) is 18.7. The molecular formula is C94H65BN2O2. The molecular weight excluding hydrogens is 1200 g/mol. The SMILES string of the molecule is [2H]c1c([2H])c([2H])c(-c2cc(-c3c([2H])c([2H])c([2H])c([2H])c3[2H])c(N3c4ccc(-c5cccc6c5oc5ccccc56)cc4B4c5cc(-c6cccc7c6oc6ccccc67)ccc5N(c5c(-c6c([2H])c([2H])c([2H])c([2H])c6[2H])cc(-c6c([2H])c([2H])c([2H])c([2H])c6[2H])cc5-c5c([2H])c([2H])c([2H])c([2H])c5[2H])c5cc(C(C)(C)C)cc3c54)c(-c3c([2H])c([2H])c([2H])c([2H])c3[2H])c2)c([2H])c1[2H]. The number of nitrogens with zero attached hydrogens (tertiary/aromatic N) is 2. The topological polar surface area (TPSA) is 32.8 Å². The minimum atomic E-state index is -1.25. The zero-order valence-corrected chi connectivity index (χ0v) is 52.8. The summed E-state index contributed by atoms with van der Waals surface area (Å²) >= 11 is 0. The summed E-state index contributed by atoms with van der Waals surface area (Å²) in [6, 6.07) is 19.6. The van der Waals surface area contributed by atoms with Crippen molar-refractivity contribution in [2.75, 3.05) is 9.80 Å². The lowest BCUT2D eigenvalue weighted by Crippen LogP contribution is -2.61. The maximum atomic E-state index is 10.2. The molecule has 5 heteroatoms. The zero-order valence-electron chi connectivity index (χ0n) is 82.8. The van der Waals surface area contributed by atoms with E-state index in [0.29, 0.717) is 71.8 Å². The standard InChI is InChI=1S/C94H65BN2O2/c1-94(2,3)70-58-85-89-86(59-70)97(91-79(64-36-18-8-19-37-64)54-69(61-30-12-5-13-31-61)55-80(91)65-38-20-9-21-39-65)84-51-49-67(72-43-27-45-76-74-41-23-25-47-88(74)99-93(72)76)57-82(84)95(89)81-56-66(71-42-26-44-75-73-40-22-24-46-87(73)98-92(71)75)48-50-83(81)96(85)90-77(62-32-14-6-15-33-62)52-68(60-28-10-4-11-29-60)53-78(90)63-34-16-7-17-35-63/h4-59H,1-3H3/i4D,5D,6D,7D,8D,9D,10D,11D,12D,13D,14D,15D,16D,17D,18D,19D,20D,21D,28D,29D,30D,31D,32D,33D,34D,35D,36D,37D,38D,39D. The average molecular weight is 1300 g/mol. The van der Waals surface area contributed by atoms with Gasteiger partial charge < -0.3 is 18.6 Å². The number of hydrogen-bond acceptors (Lipinski definition) is 4. The zero-order chi connectivity index (χ0) is 92.0. The van der Waals surface area contributed by atoms with E-state index in [1.165, 1.54) is 24.3 Å². The summed E-state index contributed by atoms with van der Waals surface area (Å²) in [5.74, 6) is 0. The quantitative estimate of drug-likeness (QED) is 0.128. The molecule has 4 nitrogen and oxygen atoms in total. The van der Waals surface area contributed by atoms with Gasteiger partial charge in [-0.1, -0.05) is 299 Å². The number of anilines is 6. The summed E-state index contributed by atoms with van der Waals surface area (Å²) < 4.78 is 300. The van der Waals surface area contributed by atoms with Crippen LogP contribution in [-0.2, 0) is 5.41 Å². The van der Waals surface area contributed by atoms with Crippen molar-refractivity contribution in [3.8, 4) is 89.0 Å². The van der Waals surface area contributed by atoms with Gasteiger partial charge in [0, 0.05) is 77.7 Å². The molecule has 17 aromatic rings. The fourth-order valence-electron chi connectivity index (χ4n) is 14.3. The summed E-state index contributed by atoms with van der Waals surface area (Å²) in [6.45, 7) is 4.32. The van der Waals surface area contributed by atoms with E-state index in [4.69, 9.17) is 22.5 Å². The van der Waals surface area contributed by atoms with Gasteiger partial charge in [-0.05, 0) is 144 Å². The van der Waals surface area contributed by atoms with E-state index >= 15 is 0 Å². The van der Waals surface area contributed by atoms with Crippen LogP contribution < -0.4 is 26.2 Å². The molecule has 0 atom stereocenters. The molecule has 0 N–H and O–H groups in total. The lowest BCUT2D eigenvalue weighted by molar-refractivity contribution is 0.590. The van der Waals surface area contributed by atoms with Crippen LogP contribution in [0.4, 0.5) is 34.1 Å². The van der Waals surface area contributed by atoms with E-state index in [1.807, 2.05) is 118 Å². The smallest absolute Gasteiger partial charge is 0.252 e. The van der Waals surface area contributed by atoms with Crippen LogP contribution in [0.1, 0.15) is 67.5 Å². The predicted octanol–water partition coefficient (Wildman–Crippen LogP) is 24.2. The average Bonchev–Trinajstić information content (AvgIpc) is 0.795. The van der Waals surface area contributed by atoms with Gasteiger partial charge >= 0.3 is 0 Å². The van der Waals surface area contributed by atoms with Crippen molar-refractivity contribution >= 4 is 101 Å². The Labute approximate surface area is 618 Å². The van der Waals surface area contributed by atoms with Crippen LogP contribution in [0.2, 0.25) is 0 Å². The van der Waals surface area contributed by atoms with E-state index in [1.54, 1.807) is 46.2 Å². The first-order valence-corrected chi connectivity index (χ1v) is 31.9. The van der Waals surface area contributed by atoms with E-state index in [0.717, 1.165) is 10.8 Å². The van der Waals surface area contributed by atoms with Crippen LogP contribution in [0, 0.1) is 0 Å². The van der Waals surface area contributed by atoms with Crippen LogP contribution >= 0.6 is 0 Å². The number of furan rings is 2. The van der Waals surface area contributed by atoms with E-state index in [9.17, 15) is 27.4 Å². The monoisotopic (exact) mass is 1290 g/mol. The Hall–Kier alpha value is -12.4. The Morgan fingerprint density at radius 3 is 0.980 bits per heavy atom. The third kappa shape index (κ3) is 9.59. The highest BCUT2D eigenvalue weighted by atomic mass is 16.3. The first kappa shape index (κ1) is 35.0. The van der Waals surface area contributed by atoms with Gasteiger partial charge in [-0.15, -0.1) is 0 Å². The van der Waals surface area contributed by atoms with Crippen LogP contribution in [0.5, 0.6) is 0 Å². The van der Waals surface area contributed by atoms with Crippen LogP contribution in [-0.4, -0.2) is 6.71 Å². The van der Waals surface area contributed by atoms with E-state index < -0.39 is 249 Å². The second kappa shape index (κ2) is 23.2. The molecule has 2 aliphatic heterocycles. The molecule has 0 amide bonds. The van der Waals surface area contributed by atoms with Gasteiger partial charge in [0.2, 0.25) is 0 Å². The predicted molar refractivity (Wildman–Crippen MR) is 417 cm³/mol. The highest BCUT2D eigenvalue weighted by Gasteiger charge is 2.46. The molecule has 466 valence electrons. The van der Waals surface area contributed by atoms with Crippen LogP contribution in [0.25, 0.3) is 133 Å². The number of fused-ring (bicyclic) bond motifs is 10. The fraction of sp³-hybridized carbons (Fsp3) is 0.0426. The first-order valence-electron chi connectivity index (χ1n) is 46.9. The number of hydrogen-bond donors (Lipinski definition) is 0. The summed E-state index contributed by atoms with van der Waals surface area (Å²) in [5, 5.41) is 2.95. The largest absolute Gasteiger partial charge is 0.455 e. The summed E-state index contributed by atoms with van der Waals surface area (Å²) in [7, 11) is 0. The second-order valence-corrected chi connectivity index (χ2v) is 25.2. The van der Waals surface area contributed by atoms with Crippen LogP contribution in [0.3, 0.4) is 0 Å². The molecule has 0 fully saturated rings. The molecule has 0 radical (unpaired) electrons. The molecule has 0 bridgehead atoms. The van der Waals surface area contributed by atoms with Crippen molar-refractivity contribution in [1.29, 1.82) is 0 Å². The maximum Gasteiger partial charge on any atom is 0.252 e. The normalized spacial score (nSPS) is 16.8. The summed E-state index contributed by atoms with van der Waals surface area (Å²) in [5.41, 5.74) is -2.04. The molecule has 0 saturated carbocycles. The van der Waals surface area contributed by atoms with E-state index in [2.05, 4.69) is 0 Å². The number of rotatable bonds is 10. The summed E-state index contributed by atoms with van der Waals surface area (Å²) in [4.78, 5) is 3.25. The molecule has 4 heterocycles. The molecule has 99 heavy (non-hydrogen) atoms. The van der Waals surface area contributed by atoms with Crippen molar-refractivity contribution in [1.82, 2.24) is 0 Å². The maximum absolute atomic E-state index is 10.2.